The average Bonchev–Trinajstić information content (AvgIpc) is 2.49. The number of hydrogen-bond donors (Lipinski definition) is 0. The van der Waals surface area contributed by atoms with Crippen LogP contribution in [0.2, 0.25) is 0 Å². The summed E-state index contributed by atoms with van der Waals surface area (Å²) in [5, 5.41) is 9.50. The van der Waals surface area contributed by atoms with E-state index in [9.17, 15) is 10.1 Å². The fourth-order valence-electron chi connectivity index (χ4n) is 2.54. The molecule has 0 radical (unpaired) electrons. The van der Waals surface area contributed by atoms with E-state index in [0.29, 0.717) is 26.2 Å². The van der Waals surface area contributed by atoms with Crippen LogP contribution in [0.4, 0.5) is 0 Å². The molecular weight excluding hydrogens is 254 g/mol. The van der Waals surface area contributed by atoms with Crippen LogP contribution in [-0.4, -0.2) is 49.0 Å². The Morgan fingerprint density at radius 1 is 1.30 bits per heavy atom. The lowest BCUT2D eigenvalue weighted by Gasteiger charge is -2.36. The van der Waals surface area contributed by atoms with E-state index >= 15 is 0 Å². The largest absolute Gasteiger partial charge is 0.496 e. The quantitative estimate of drug-likeness (QED) is 0.836. The number of piperazine rings is 1. The maximum atomic E-state index is 11.3. The van der Waals surface area contributed by atoms with Crippen molar-refractivity contribution in [1.82, 2.24) is 9.80 Å². The van der Waals surface area contributed by atoms with Gasteiger partial charge in [0.05, 0.1) is 13.2 Å². The first kappa shape index (κ1) is 14.4. The van der Waals surface area contributed by atoms with E-state index in [-0.39, 0.29) is 11.9 Å². The highest BCUT2D eigenvalue weighted by Crippen LogP contribution is 2.29. The molecule has 0 N–H and O–H groups in total. The van der Waals surface area contributed by atoms with Crippen LogP contribution in [-0.2, 0) is 4.79 Å². The summed E-state index contributed by atoms with van der Waals surface area (Å²) >= 11 is 0. The summed E-state index contributed by atoms with van der Waals surface area (Å²) in [6, 6.07) is 9.61. The van der Waals surface area contributed by atoms with E-state index in [1.165, 1.54) is 0 Å². The van der Waals surface area contributed by atoms with Crippen molar-refractivity contribution in [3.05, 3.63) is 29.8 Å². The Morgan fingerprint density at radius 2 is 1.95 bits per heavy atom. The van der Waals surface area contributed by atoms with Gasteiger partial charge in [0.2, 0.25) is 5.91 Å². The van der Waals surface area contributed by atoms with Crippen LogP contribution in [0.15, 0.2) is 24.3 Å². The first-order chi connectivity index (χ1) is 9.67. The average molecular weight is 273 g/mol. The molecule has 1 aromatic rings. The van der Waals surface area contributed by atoms with Crippen LogP contribution in [0.1, 0.15) is 18.5 Å². The Hall–Kier alpha value is -2.06. The number of ether oxygens (including phenoxy) is 1. The van der Waals surface area contributed by atoms with Crippen molar-refractivity contribution in [3.63, 3.8) is 0 Å². The van der Waals surface area contributed by atoms with E-state index in [1.54, 1.807) is 14.0 Å². The van der Waals surface area contributed by atoms with Gasteiger partial charge in [0.15, 0.2) is 0 Å². The predicted molar refractivity (Wildman–Crippen MR) is 75.2 cm³/mol. The van der Waals surface area contributed by atoms with Crippen molar-refractivity contribution in [1.29, 1.82) is 5.26 Å². The van der Waals surface area contributed by atoms with Gasteiger partial charge in [0, 0.05) is 38.7 Å². The summed E-state index contributed by atoms with van der Waals surface area (Å²) in [7, 11) is 1.61. The fraction of sp³-hybridized carbons (Fsp3) is 0.467. The minimum Gasteiger partial charge on any atom is -0.496 e. The van der Waals surface area contributed by atoms with Crippen LogP contribution < -0.4 is 4.74 Å². The molecule has 0 bridgehead atoms. The molecular formula is C15H19N3O2. The lowest BCUT2D eigenvalue weighted by molar-refractivity contribution is -0.130. The Balaban J connectivity index is 2.14. The topological polar surface area (TPSA) is 56.6 Å². The number of para-hydroxylation sites is 1. The summed E-state index contributed by atoms with van der Waals surface area (Å²) in [4.78, 5) is 15.2. The Kier molecular flexibility index (Phi) is 4.59. The number of hydrogen-bond acceptors (Lipinski definition) is 4. The number of benzene rings is 1. The molecule has 1 fully saturated rings. The van der Waals surface area contributed by atoms with Gasteiger partial charge in [-0.05, 0) is 6.07 Å². The second-order valence-electron chi connectivity index (χ2n) is 4.82. The lowest BCUT2D eigenvalue weighted by Crippen LogP contribution is -2.48. The van der Waals surface area contributed by atoms with Gasteiger partial charge < -0.3 is 9.64 Å². The fourth-order valence-corrected chi connectivity index (χ4v) is 2.54. The summed E-state index contributed by atoms with van der Waals surface area (Å²) in [6.07, 6.45) is 0. The maximum Gasteiger partial charge on any atom is 0.219 e. The Labute approximate surface area is 119 Å². The molecule has 0 saturated carbocycles. The Morgan fingerprint density at radius 3 is 2.50 bits per heavy atom. The molecule has 5 nitrogen and oxygen atoms in total. The van der Waals surface area contributed by atoms with Crippen molar-refractivity contribution in [2.45, 2.75) is 13.0 Å². The van der Waals surface area contributed by atoms with Crippen LogP contribution in [0, 0.1) is 11.3 Å². The number of rotatable bonds is 3. The molecule has 0 aromatic heterocycles. The van der Waals surface area contributed by atoms with Crippen molar-refractivity contribution in [3.8, 4) is 11.8 Å². The predicted octanol–water partition coefficient (Wildman–Crippen LogP) is 1.42. The zero-order valence-electron chi connectivity index (χ0n) is 11.9. The first-order valence-corrected chi connectivity index (χ1v) is 6.69. The van der Waals surface area contributed by atoms with E-state index in [2.05, 4.69) is 11.0 Å². The van der Waals surface area contributed by atoms with Crippen molar-refractivity contribution in [2.75, 3.05) is 33.3 Å². The Bertz CT molecular complexity index is 516. The van der Waals surface area contributed by atoms with Gasteiger partial charge in [0.1, 0.15) is 11.8 Å². The van der Waals surface area contributed by atoms with Gasteiger partial charge in [-0.3, -0.25) is 9.69 Å². The van der Waals surface area contributed by atoms with Crippen LogP contribution in [0.3, 0.4) is 0 Å². The zero-order chi connectivity index (χ0) is 14.5. The minimum atomic E-state index is -0.333. The summed E-state index contributed by atoms with van der Waals surface area (Å²) < 4.78 is 5.34. The molecule has 0 spiro atoms. The van der Waals surface area contributed by atoms with Gasteiger partial charge in [-0.25, -0.2) is 0 Å². The van der Waals surface area contributed by atoms with E-state index in [4.69, 9.17) is 4.74 Å². The molecule has 1 saturated heterocycles. The van der Waals surface area contributed by atoms with Crippen molar-refractivity contribution in [2.24, 2.45) is 0 Å². The van der Waals surface area contributed by atoms with Gasteiger partial charge >= 0.3 is 0 Å². The summed E-state index contributed by atoms with van der Waals surface area (Å²) in [5.74, 6) is 0.823. The number of methoxy groups -OCH3 is 1. The smallest absolute Gasteiger partial charge is 0.219 e. The third-order valence-corrected chi connectivity index (χ3v) is 3.68. The molecule has 1 aliphatic rings. The molecule has 20 heavy (non-hydrogen) atoms. The highest BCUT2D eigenvalue weighted by atomic mass is 16.5. The zero-order valence-corrected chi connectivity index (χ0v) is 11.9. The molecule has 2 rings (SSSR count). The molecule has 106 valence electrons. The third-order valence-electron chi connectivity index (χ3n) is 3.68. The minimum absolute atomic E-state index is 0.0930. The highest BCUT2D eigenvalue weighted by Gasteiger charge is 2.27. The second kappa shape index (κ2) is 6.40. The number of carbonyl (C=O) groups is 1. The van der Waals surface area contributed by atoms with Crippen LogP contribution in [0.5, 0.6) is 5.75 Å². The third kappa shape index (κ3) is 2.91. The number of nitrogens with zero attached hydrogens (tertiary/aromatic N) is 3. The van der Waals surface area contributed by atoms with Gasteiger partial charge in [-0.2, -0.15) is 5.26 Å². The van der Waals surface area contributed by atoms with E-state index in [0.717, 1.165) is 11.3 Å². The second-order valence-corrected chi connectivity index (χ2v) is 4.82. The lowest BCUT2D eigenvalue weighted by atomic mass is 10.0. The van der Waals surface area contributed by atoms with E-state index < -0.39 is 0 Å². The maximum absolute atomic E-state index is 11.3. The highest BCUT2D eigenvalue weighted by molar-refractivity contribution is 5.73. The molecule has 5 heteroatoms. The number of carbonyl (C=O) groups excluding carboxylic acids is 1. The molecule has 1 aliphatic heterocycles. The standard InChI is InChI=1S/C15H19N3O2/c1-12(19)17-7-9-18(10-8-17)14(11-16)13-5-3-4-6-15(13)20-2/h3-6,14H,7-10H2,1-2H3. The molecule has 1 aromatic carbocycles. The van der Waals surface area contributed by atoms with Crippen molar-refractivity contribution >= 4 is 5.91 Å². The van der Waals surface area contributed by atoms with Gasteiger partial charge in [-0.15, -0.1) is 0 Å². The summed E-state index contributed by atoms with van der Waals surface area (Å²) in [5.41, 5.74) is 0.883. The molecule has 1 heterocycles. The first-order valence-electron chi connectivity index (χ1n) is 6.69. The van der Waals surface area contributed by atoms with Crippen LogP contribution in [0.25, 0.3) is 0 Å². The molecule has 0 aliphatic carbocycles. The molecule has 1 amide bonds. The van der Waals surface area contributed by atoms with Crippen LogP contribution >= 0.6 is 0 Å². The number of amides is 1. The van der Waals surface area contributed by atoms with E-state index in [1.807, 2.05) is 29.2 Å². The molecule has 1 atom stereocenters. The molecule has 1 unspecified atom stereocenters. The monoisotopic (exact) mass is 273 g/mol. The summed E-state index contributed by atoms with van der Waals surface area (Å²) in [6.45, 7) is 4.33. The van der Waals surface area contributed by atoms with Gasteiger partial charge in [-0.1, -0.05) is 18.2 Å². The SMILES string of the molecule is COc1ccccc1C(C#N)N1CCN(C(C)=O)CC1. The van der Waals surface area contributed by atoms with Crippen molar-refractivity contribution < 1.29 is 9.53 Å². The number of nitriles is 1. The normalized spacial score (nSPS) is 17.4. The van der Waals surface area contributed by atoms with Gasteiger partial charge in [0.25, 0.3) is 0 Å².